The monoisotopic (exact) mass is 187 g/mol. The van der Waals surface area contributed by atoms with Crippen molar-refractivity contribution >= 4 is 11.9 Å². The van der Waals surface area contributed by atoms with Crippen LogP contribution in [0.3, 0.4) is 0 Å². The molecule has 1 aliphatic carbocycles. The van der Waals surface area contributed by atoms with E-state index in [2.05, 4.69) is 10.1 Å². The topological polar surface area (TPSA) is 47.3 Å². The first kappa shape index (κ1) is 7.67. The molecule has 2 aromatic heterocycles. The van der Waals surface area contributed by atoms with Crippen LogP contribution in [0.25, 0.3) is 5.65 Å². The van der Waals surface area contributed by atoms with Crippen molar-refractivity contribution in [1.82, 2.24) is 14.6 Å². The summed E-state index contributed by atoms with van der Waals surface area (Å²) < 4.78 is 1.71. The SMILES string of the molecule is O=CC1(c2cnc3ccnn3c2)CC1. The Kier molecular flexibility index (Phi) is 1.32. The Morgan fingerprint density at radius 1 is 1.50 bits per heavy atom. The molecule has 0 atom stereocenters. The van der Waals surface area contributed by atoms with Gasteiger partial charge in [0, 0.05) is 24.0 Å². The first-order chi connectivity index (χ1) is 6.84. The number of carbonyl (C=O) groups is 1. The van der Waals surface area contributed by atoms with E-state index in [-0.39, 0.29) is 5.41 Å². The molecule has 1 aliphatic rings. The van der Waals surface area contributed by atoms with Crippen LogP contribution in [0, 0.1) is 0 Å². The Hall–Kier alpha value is -1.71. The summed E-state index contributed by atoms with van der Waals surface area (Å²) in [6.45, 7) is 0. The average Bonchev–Trinajstić information content (AvgIpc) is 2.89. The van der Waals surface area contributed by atoms with Gasteiger partial charge in [-0.05, 0) is 12.8 Å². The molecule has 3 rings (SSSR count). The molecule has 0 spiro atoms. The van der Waals surface area contributed by atoms with Crippen molar-refractivity contribution in [2.75, 3.05) is 0 Å². The predicted molar refractivity (Wildman–Crippen MR) is 50.0 cm³/mol. The Morgan fingerprint density at radius 3 is 3.07 bits per heavy atom. The number of rotatable bonds is 2. The van der Waals surface area contributed by atoms with Crippen molar-refractivity contribution in [3.05, 3.63) is 30.2 Å². The molecule has 2 aromatic rings. The zero-order valence-electron chi connectivity index (χ0n) is 7.55. The minimum Gasteiger partial charge on any atom is -0.302 e. The summed E-state index contributed by atoms with van der Waals surface area (Å²) in [6.07, 6.45) is 8.27. The summed E-state index contributed by atoms with van der Waals surface area (Å²) in [5, 5.41) is 4.09. The number of carbonyl (C=O) groups excluding carboxylic acids is 1. The normalized spacial score (nSPS) is 18.3. The van der Waals surface area contributed by atoms with Gasteiger partial charge in [0.05, 0.1) is 11.6 Å². The lowest BCUT2D eigenvalue weighted by Gasteiger charge is -2.06. The number of hydrogen-bond acceptors (Lipinski definition) is 3. The van der Waals surface area contributed by atoms with Crippen LogP contribution in [0.15, 0.2) is 24.7 Å². The molecule has 0 aliphatic heterocycles. The fourth-order valence-corrected chi connectivity index (χ4v) is 1.68. The Bertz CT molecular complexity index is 499. The van der Waals surface area contributed by atoms with Crippen LogP contribution in [-0.2, 0) is 10.2 Å². The molecule has 0 unspecified atom stereocenters. The van der Waals surface area contributed by atoms with Crippen LogP contribution < -0.4 is 0 Å². The zero-order chi connectivity index (χ0) is 9.60. The summed E-state index contributed by atoms with van der Waals surface area (Å²) in [4.78, 5) is 15.1. The van der Waals surface area contributed by atoms with Crippen molar-refractivity contribution in [2.24, 2.45) is 0 Å². The number of nitrogens with zero attached hydrogens (tertiary/aromatic N) is 3. The predicted octanol–water partition coefficient (Wildman–Crippen LogP) is 0.960. The van der Waals surface area contributed by atoms with E-state index in [1.165, 1.54) is 0 Å². The molecule has 4 heteroatoms. The largest absolute Gasteiger partial charge is 0.302 e. The van der Waals surface area contributed by atoms with Crippen LogP contribution in [0.1, 0.15) is 18.4 Å². The van der Waals surface area contributed by atoms with Gasteiger partial charge in [0.1, 0.15) is 6.29 Å². The quantitative estimate of drug-likeness (QED) is 0.658. The molecule has 0 N–H and O–H groups in total. The molecule has 0 radical (unpaired) electrons. The van der Waals surface area contributed by atoms with Gasteiger partial charge in [0.15, 0.2) is 5.65 Å². The second-order valence-electron chi connectivity index (χ2n) is 3.75. The van der Waals surface area contributed by atoms with Crippen LogP contribution in [0.4, 0.5) is 0 Å². The highest BCUT2D eigenvalue weighted by Crippen LogP contribution is 2.45. The van der Waals surface area contributed by atoms with Gasteiger partial charge in [-0.15, -0.1) is 0 Å². The molecule has 0 bridgehead atoms. The molecular formula is C10H9N3O. The molecule has 0 aromatic carbocycles. The van der Waals surface area contributed by atoms with Gasteiger partial charge in [-0.1, -0.05) is 0 Å². The third-order valence-electron chi connectivity index (χ3n) is 2.84. The van der Waals surface area contributed by atoms with E-state index < -0.39 is 0 Å². The standard InChI is InChI=1S/C10H9N3O/c14-7-10(2-3-10)8-5-11-9-1-4-12-13(9)6-8/h1,4-7H,2-3H2. The maximum absolute atomic E-state index is 10.9. The Labute approximate surface area is 80.6 Å². The Balaban J connectivity index is 2.18. The Morgan fingerprint density at radius 2 is 2.36 bits per heavy atom. The maximum Gasteiger partial charge on any atom is 0.154 e. The maximum atomic E-state index is 10.9. The van der Waals surface area contributed by atoms with E-state index >= 15 is 0 Å². The molecule has 1 saturated carbocycles. The van der Waals surface area contributed by atoms with E-state index in [0.29, 0.717) is 0 Å². The molecule has 14 heavy (non-hydrogen) atoms. The summed E-state index contributed by atoms with van der Waals surface area (Å²) in [7, 11) is 0. The second-order valence-corrected chi connectivity index (χ2v) is 3.75. The highest BCUT2D eigenvalue weighted by Gasteiger charge is 2.44. The van der Waals surface area contributed by atoms with E-state index in [9.17, 15) is 4.79 Å². The minimum absolute atomic E-state index is 0.257. The van der Waals surface area contributed by atoms with Crippen LogP contribution in [0.5, 0.6) is 0 Å². The molecular weight excluding hydrogens is 178 g/mol. The molecule has 2 heterocycles. The van der Waals surface area contributed by atoms with Crippen molar-refractivity contribution in [2.45, 2.75) is 18.3 Å². The smallest absolute Gasteiger partial charge is 0.154 e. The van der Waals surface area contributed by atoms with Crippen molar-refractivity contribution in [1.29, 1.82) is 0 Å². The second kappa shape index (κ2) is 2.41. The lowest BCUT2D eigenvalue weighted by molar-refractivity contribution is -0.109. The van der Waals surface area contributed by atoms with E-state index in [4.69, 9.17) is 0 Å². The van der Waals surface area contributed by atoms with Gasteiger partial charge in [-0.2, -0.15) is 5.10 Å². The van der Waals surface area contributed by atoms with Gasteiger partial charge >= 0.3 is 0 Å². The number of aldehydes is 1. The van der Waals surface area contributed by atoms with Gasteiger partial charge in [-0.25, -0.2) is 9.50 Å². The zero-order valence-corrected chi connectivity index (χ0v) is 7.55. The first-order valence-electron chi connectivity index (χ1n) is 4.60. The van der Waals surface area contributed by atoms with E-state index in [1.54, 1.807) is 16.9 Å². The van der Waals surface area contributed by atoms with Crippen molar-refractivity contribution < 1.29 is 4.79 Å². The van der Waals surface area contributed by atoms with Crippen molar-refractivity contribution in [3.8, 4) is 0 Å². The number of fused-ring (bicyclic) bond motifs is 1. The van der Waals surface area contributed by atoms with Gasteiger partial charge in [0.25, 0.3) is 0 Å². The summed E-state index contributed by atoms with van der Waals surface area (Å²) in [5.41, 5.74) is 1.53. The van der Waals surface area contributed by atoms with Gasteiger partial charge < -0.3 is 4.79 Å². The van der Waals surface area contributed by atoms with Crippen LogP contribution in [0.2, 0.25) is 0 Å². The summed E-state index contributed by atoms with van der Waals surface area (Å²) in [5.74, 6) is 0. The average molecular weight is 187 g/mol. The minimum atomic E-state index is -0.257. The molecule has 4 nitrogen and oxygen atoms in total. The summed E-state index contributed by atoms with van der Waals surface area (Å²) >= 11 is 0. The lowest BCUT2D eigenvalue weighted by atomic mass is 10.0. The third kappa shape index (κ3) is 0.907. The van der Waals surface area contributed by atoms with Gasteiger partial charge in [0.2, 0.25) is 0 Å². The highest BCUT2D eigenvalue weighted by atomic mass is 16.1. The lowest BCUT2D eigenvalue weighted by Crippen LogP contribution is -2.09. The molecule has 1 fully saturated rings. The van der Waals surface area contributed by atoms with E-state index in [1.807, 2.05) is 12.3 Å². The first-order valence-corrected chi connectivity index (χ1v) is 4.60. The molecule has 0 amide bonds. The fraction of sp³-hybridized carbons (Fsp3) is 0.300. The highest BCUT2D eigenvalue weighted by molar-refractivity contribution is 5.72. The van der Waals surface area contributed by atoms with Crippen molar-refractivity contribution in [3.63, 3.8) is 0 Å². The van der Waals surface area contributed by atoms with E-state index in [0.717, 1.165) is 30.3 Å². The van der Waals surface area contributed by atoms with Crippen LogP contribution in [-0.4, -0.2) is 20.9 Å². The molecule has 0 saturated heterocycles. The number of hydrogen-bond donors (Lipinski definition) is 0. The molecule has 70 valence electrons. The third-order valence-corrected chi connectivity index (χ3v) is 2.84. The summed E-state index contributed by atoms with van der Waals surface area (Å²) in [6, 6.07) is 1.84. The van der Waals surface area contributed by atoms with Crippen LogP contribution >= 0.6 is 0 Å². The fourth-order valence-electron chi connectivity index (χ4n) is 1.68. The number of aromatic nitrogens is 3. The van der Waals surface area contributed by atoms with Gasteiger partial charge in [-0.3, -0.25) is 0 Å².